The smallest absolute Gasteiger partial charge is 0.326 e. The first kappa shape index (κ1) is 18.2. The minimum absolute atomic E-state index is 0.382. The SMILES string of the molecule is COC(=O)C(C)(Cl)Cc1cccc2cc(OCc3ccccn3)ccc12. The number of rotatable bonds is 6. The van der Waals surface area contributed by atoms with Gasteiger partial charge in [-0.1, -0.05) is 30.3 Å². The summed E-state index contributed by atoms with van der Waals surface area (Å²) in [6, 6.07) is 17.5. The normalized spacial score (nSPS) is 13.2. The number of pyridine rings is 1. The van der Waals surface area contributed by atoms with E-state index in [1.807, 2.05) is 54.6 Å². The average Bonchev–Trinajstić information content (AvgIpc) is 2.66. The van der Waals surface area contributed by atoms with Gasteiger partial charge < -0.3 is 9.47 Å². The minimum atomic E-state index is -1.10. The topological polar surface area (TPSA) is 48.4 Å². The zero-order chi connectivity index (χ0) is 18.6. The summed E-state index contributed by atoms with van der Waals surface area (Å²) in [5.74, 6) is 0.327. The molecule has 0 spiro atoms. The van der Waals surface area contributed by atoms with E-state index in [1.165, 1.54) is 7.11 Å². The molecule has 0 radical (unpaired) electrons. The van der Waals surface area contributed by atoms with Gasteiger partial charge in [-0.05, 0) is 47.5 Å². The number of fused-ring (bicyclic) bond motifs is 1. The third kappa shape index (κ3) is 4.14. The molecule has 0 aliphatic heterocycles. The summed E-state index contributed by atoms with van der Waals surface area (Å²) < 4.78 is 10.6. The van der Waals surface area contributed by atoms with Gasteiger partial charge in [0.05, 0.1) is 12.8 Å². The molecule has 0 saturated carbocycles. The Morgan fingerprint density at radius 3 is 2.73 bits per heavy atom. The van der Waals surface area contributed by atoms with Gasteiger partial charge in [-0.2, -0.15) is 0 Å². The quantitative estimate of drug-likeness (QED) is 0.473. The second kappa shape index (κ2) is 7.75. The van der Waals surface area contributed by atoms with Crippen molar-refractivity contribution in [3.63, 3.8) is 0 Å². The maximum absolute atomic E-state index is 11.9. The van der Waals surface area contributed by atoms with Crippen molar-refractivity contribution >= 4 is 28.3 Å². The molecule has 1 unspecified atom stereocenters. The van der Waals surface area contributed by atoms with Crippen molar-refractivity contribution < 1.29 is 14.3 Å². The Labute approximate surface area is 157 Å². The molecule has 0 N–H and O–H groups in total. The summed E-state index contributed by atoms with van der Waals surface area (Å²) in [5.41, 5.74) is 1.86. The van der Waals surface area contributed by atoms with Crippen LogP contribution in [-0.4, -0.2) is 22.9 Å². The van der Waals surface area contributed by atoms with Gasteiger partial charge in [0.25, 0.3) is 0 Å². The van der Waals surface area contributed by atoms with Crippen LogP contribution in [-0.2, 0) is 22.6 Å². The molecule has 134 valence electrons. The number of nitrogens with zero attached hydrogens (tertiary/aromatic N) is 1. The Morgan fingerprint density at radius 2 is 2.00 bits per heavy atom. The standard InChI is InChI=1S/C21H20ClNO3/c1-21(22,20(24)25-2)13-16-7-5-6-15-12-18(9-10-19(15)16)26-14-17-8-3-4-11-23-17/h3-12H,13-14H2,1-2H3. The summed E-state index contributed by atoms with van der Waals surface area (Å²) in [4.78, 5) is 15.0. The Balaban J connectivity index is 1.82. The van der Waals surface area contributed by atoms with Crippen LogP contribution >= 0.6 is 11.6 Å². The van der Waals surface area contributed by atoms with Crippen molar-refractivity contribution in [2.45, 2.75) is 24.8 Å². The van der Waals surface area contributed by atoms with E-state index in [2.05, 4.69) is 4.98 Å². The van der Waals surface area contributed by atoms with Crippen molar-refractivity contribution in [2.24, 2.45) is 0 Å². The molecule has 5 heteroatoms. The van der Waals surface area contributed by atoms with Gasteiger partial charge in [0.1, 0.15) is 17.2 Å². The predicted molar refractivity (Wildman–Crippen MR) is 102 cm³/mol. The fourth-order valence-electron chi connectivity index (χ4n) is 2.86. The third-order valence-corrected chi connectivity index (χ3v) is 4.48. The van der Waals surface area contributed by atoms with E-state index >= 15 is 0 Å². The highest BCUT2D eigenvalue weighted by molar-refractivity contribution is 6.33. The van der Waals surface area contributed by atoms with E-state index in [1.54, 1.807) is 13.1 Å². The van der Waals surface area contributed by atoms with E-state index in [4.69, 9.17) is 21.1 Å². The molecule has 0 amide bonds. The van der Waals surface area contributed by atoms with Crippen molar-refractivity contribution in [3.05, 3.63) is 72.1 Å². The lowest BCUT2D eigenvalue weighted by Gasteiger charge is -2.20. The number of halogens is 1. The van der Waals surface area contributed by atoms with Gasteiger partial charge in [-0.3, -0.25) is 9.78 Å². The van der Waals surface area contributed by atoms with Crippen LogP contribution in [0, 0.1) is 0 Å². The molecule has 0 saturated heterocycles. The van der Waals surface area contributed by atoms with Gasteiger partial charge >= 0.3 is 5.97 Å². The summed E-state index contributed by atoms with van der Waals surface area (Å²) in [6.45, 7) is 2.08. The monoisotopic (exact) mass is 369 g/mol. The number of esters is 1. The van der Waals surface area contributed by atoms with Crippen LogP contribution in [0.3, 0.4) is 0 Å². The van der Waals surface area contributed by atoms with E-state index in [9.17, 15) is 4.79 Å². The van der Waals surface area contributed by atoms with E-state index in [0.29, 0.717) is 13.0 Å². The van der Waals surface area contributed by atoms with E-state index in [-0.39, 0.29) is 0 Å². The van der Waals surface area contributed by atoms with Gasteiger partial charge in [-0.15, -0.1) is 11.6 Å². The summed E-state index contributed by atoms with van der Waals surface area (Å²) in [7, 11) is 1.34. The lowest BCUT2D eigenvalue weighted by molar-refractivity contribution is -0.143. The fraction of sp³-hybridized carbons (Fsp3) is 0.238. The Bertz CT molecular complexity index is 910. The van der Waals surface area contributed by atoms with E-state index in [0.717, 1.165) is 27.8 Å². The van der Waals surface area contributed by atoms with Crippen LogP contribution in [0.4, 0.5) is 0 Å². The lowest BCUT2D eigenvalue weighted by Crippen LogP contribution is -2.32. The van der Waals surface area contributed by atoms with Crippen LogP contribution in [0.5, 0.6) is 5.75 Å². The van der Waals surface area contributed by atoms with Gasteiger partial charge in [0, 0.05) is 12.6 Å². The highest BCUT2D eigenvalue weighted by Gasteiger charge is 2.32. The molecular weight excluding hydrogens is 350 g/mol. The summed E-state index contributed by atoms with van der Waals surface area (Å²) in [5, 5.41) is 2.06. The number of hydrogen-bond acceptors (Lipinski definition) is 4. The lowest BCUT2D eigenvalue weighted by atomic mass is 9.95. The first-order valence-electron chi connectivity index (χ1n) is 8.31. The number of hydrogen-bond donors (Lipinski definition) is 0. The van der Waals surface area contributed by atoms with Crippen LogP contribution in [0.25, 0.3) is 10.8 Å². The Morgan fingerprint density at radius 1 is 1.15 bits per heavy atom. The molecule has 0 aliphatic rings. The highest BCUT2D eigenvalue weighted by Crippen LogP contribution is 2.29. The number of alkyl halides is 1. The Kier molecular flexibility index (Phi) is 5.43. The molecular formula is C21H20ClNO3. The second-order valence-corrected chi connectivity index (χ2v) is 7.11. The molecule has 0 fully saturated rings. The van der Waals surface area contributed by atoms with Gasteiger partial charge in [0.2, 0.25) is 0 Å². The zero-order valence-electron chi connectivity index (χ0n) is 14.7. The highest BCUT2D eigenvalue weighted by atomic mass is 35.5. The first-order valence-corrected chi connectivity index (χ1v) is 8.69. The number of methoxy groups -OCH3 is 1. The van der Waals surface area contributed by atoms with E-state index < -0.39 is 10.8 Å². The number of aromatic nitrogens is 1. The summed E-state index contributed by atoms with van der Waals surface area (Å²) >= 11 is 6.36. The van der Waals surface area contributed by atoms with Crippen molar-refractivity contribution in [1.82, 2.24) is 4.98 Å². The van der Waals surface area contributed by atoms with Crippen LogP contribution in [0.15, 0.2) is 60.8 Å². The molecule has 26 heavy (non-hydrogen) atoms. The fourth-order valence-corrected chi connectivity index (χ4v) is 3.08. The minimum Gasteiger partial charge on any atom is -0.487 e. The van der Waals surface area contributed by atoms with Crippen LogP contribution in [0.1, 0.15) is 18.2 Å². The number of ether oxygens (including phenoxy) is 2. The zero-order valence-corrected chi connectivity index (χ0v) is 15.5. The predicted octanol–water partition coefficient (Wildman–Crippen LogP) is 4.53. The van der Waals surface area contributed by atoms with Crippen LogP contribution < -0.4 is 4.74 Å². The average molecular weight is 370 g/mol. The number of benzene rings is 2. The molecule has 4 nitrogen and oxygen atoms in total. The maximum Gasteiger partial charge on any atom is 0.326 e. The van der Waals surface area contributed by atoms with Gasteiger partial charge in [0.15, 0.2) is 0 Å². The molecule has 1 atom stereocenters. The molecule has 2 aromatic carbocycles. The molecule has 3 aromatic rings. The molecule has 3 rings (SSSR count). The van der Waals surface area contributed by atoms with Crippen molar-refractivity contribution in [2.75, 3.05) is 7.11 Å². The number of carbonyl (C=O) groups is 1. The van der Waals surface area contributed by atoms with Crippen LogP contribution in [0.2, 0.25) is 0 Å². The summed E-state index contributed by atoms with van der Waals surface area (Å²) in [6.07, 6.45) is 2.13. The number of carbonyl (C=O) groups excluding carboxylic acids is 1. The first-order chi connectivity index (χ1) is 12.5. The largest absolute Gasteiger partial charge is 0.487 e. The van der Waals surface area contributed by atoms with Gasteiger partial charge in [-0.25, -0.2) is 0 Å². The molecule has 1 heterocycles. The molecule has 1 aromatic heterocycles. The Hall–Kier alpha value is -2.59. The third-order valence-electron chi connectivity index (χ3n) is 4.19. The second-order valence-electron chi connectivity index (χ2n) is 6.28. The molecule has 0 aliphatic carbocycles. The van der Waals surface area contributed by atoms with Crippen molar-refractivity contribution in [3.8, 4) is 5.75 Å². The van der Waals surface area contributed by atoms with Crippen molar-refractivity contribution in [1.29, 1.82) is 0 Å². The maximum atomic E-state index is 11.9. The molecule has 0 bridgehead atoms.